The van der Waals surface area contributed by atoms with Crippen molar-refractivity contribution >= 4 is 5.95 Å². The third-order valence-corrected chi connectivity index (χ3v) is 2.82. The molecule has 1 aromatic carbocycles. The first-order valence-electron chi connectivity index (χ1n) is 6.24. The molecule has 1 N–H and O–H groups in total. The number of methoxy groups -OCH3 is 1. The van der Waals surface area contributed by atoms with Crippen molar-refractivity contribution in [3.63, 3.8) is 0 Å². The first-order valence-corrected chi connectivity index (χ1v) is 6.24. The molecule has 0 aliphatic rings. The number of hydrogen-bond acceptors (Lipinski definition) is 7. The molecule has 0 saturated carbocycles. The Hall–Kier alpha value is -3.03. The molecule has 0 radical (unpaired) electrons. The minimum atomic E-state index is 0.382. The monoisotopic (exact) mass is 283 g/mol. The van der Waals surface area contributed by atoms with Gasteiger partial charge in [0, 0.05) is 7.05 Å². The second-order valence-corrected chi connectivity index (χ2v) is 4.07. The maximum atomic E-state index is 5.35. The number of hydrogen-bond donors (Lipinski definition) is 1. The van der Waals surface area contributed by atoms with E-state index < -0.39 is 0 Å². The van der Waals surface area contributed by atoms with Crippen molar-refractivity contribution in [2.75, 3.05) is 19.5 Å². The van der Waals surface area contributed by atoms with Crippen molar-refractivity contribution in [3.05, 3.63) is 36.9 Å². The number of rotatable bonds is 4. The predicted octanol–water partition coefficient (Wildman–Crippen LogP) is 1.17. The van der Waals surface area contributed by atoms with Crippen molar-refractivity contribution in [1.82, 2.24) is 29.7 Å². The van der Waals surface area contributed by atoms with Gasteiger partial charge in [-0.2, -0.15) is 24.7 Å². The SMILES string of the molecule is CNc1nc(-c2ccccc2OC)nc(-n2cncn2)n1. The fraction of sp³-hybridized carbons (Fsp3) is 0.154. The lowest BCUT2D eigenvalue weighted by Crippen LogP contribution is -2.08. The molecule has 21 heavy (non-hydrogen) atoms. The summed E-state index contributed by atoms with van der Waals surface area (Å²) in [7, 11) is 3.35. The summed E-state index contributed by atoms with van der Waals surface area (Å²) in [6.07, 6.45) is 2.95. The van der Waals surface area contributed by atoms with Crippen LogP contribution in [0.5, 0.6) is 5.75 Å². The van der Waals surface area contributed by atoms with Gasteiger partial charge in [0.2, 0.25) is 5.95 Å². The smallest absolute Gasteiger partial charge is 0.257 e. The second-order valence-electron chi connectivity index (χ2n) is 4.07. The molecule has 2 heterocycles. The quantitative estimate of drug-likeness (QED) is 0.768. The van der Waals surface area contributed by atoms with Crippen LogP contribution in [0, 0.1) is 0 Å². The van der Waals surface area contributed by atoms with E-state index in [1.165, 1.54) is 17.3 Å². The molecule has 3 rings (SSSR count). The fourth-order valence-electron chi connectivity index (χ4n) is 1.84. The summed E-state index contributed by atoms with van der Waals surface area (Å²) < 4.78 is 6.82. The van der Waals surface area contributed by atoms with Crippen LogP contribution in [0.1, 0.15) is 0 Å². The highest BCUT2D eigenvalue weighted by Crippen LogP contribution is 2.27. The van der Waals surface area contributed by atoms with E-state index in [2.05, 4.69) is 30.4 Å². The molecule has 8 nitrogen and oxygen atoms in total. The van der Waals surface area contributed by atoms with Gasteiger partial charge in [-0.25, -0.2) is 4.98 Å². The van der Waals surface area contributed by atoms with Crippen molar-refractivity contribution in [1.29, 1.82) is 0 Å². The lowest BCUT2D eigenvalue weighted by Gasteiger charge is -2.09. The summed E-state index contributed by atoms with van der Waals surface area (Å²) >= 11 is 0. The Morgan fingerprint density at radius 2 is 2.00 bits per heavy atom. The number of nitrogens with zero attached hydrogens (tertiary/aromatic N) is 6. The third kappa shape index (κ3) is 2.50. The average Bonchev–Trinajstić information content (AvgIpc) is 3.09. The van der Waals surface area contributed by atoms with Gasteiger partial charge in [0.15, 0.2) is 5.82 Å². The minimum absolute atomic E-state index is 0.382. The molecule has 0 atom stereocenters. The predicted molar refractivity (Wildman–Crippen MR) is 76.3 cm³/mol. The summed E-state index contributed by atoms with van der Waals surface area (Å²) in [5, 5.41) is 6.95. The van der Waals surface area contributed by atoms with E-state index in [9.17, 15) is 0 Å². The Kier molecular flexibility index (Phi) is 3.42. The van der Waals surface area contributed by atoms with E-state index in [0.29, 0.717) is 23.5 Å². The Labute approximate surface area is 120 Å². The zero-order valence-corrected chi connectivity index (χ0v) is 11.6. The van der Waals surface area contributed by atoms with E-state index in [1.807, 2.05) is 24.3 Å². The molecule has 0 saturated heterocycles. The van der Waals surface area contributed by atoms with E-state index in [0.717, 1.165) is 5.56 Å². The van der Waals surface area contributed by atoms with Gasteiger partial charge in [-0.15, -0.1) is 0 Å². The molecule has 0 fully saturated rings. The number of aromatic nitrogens is 6. The van der Waals surface area contributed by atoms with Crippen molar-refractivity contribution in [3.8, 4) is 23.1 Å². The van der Waals surface area contributed by atoms with Crippen molar-refractivity contribution in [2.45, 2.75) is 0 Å². The van der Waals surface area contributed by atoms with Crippen LogP contribution < -0.4 is 10.1 Å². The van der Waals surface area contributed by atoms with Gasteiger partial charge in [-0.1, -0.05) is 12.1 Å². The second kappa shape index (κ2) is 5.53. The van der Waals surface area contributed by atoms with E-state index in [1.54, 1.807) is 14.2 Å². The van der Waals surface area contributed by atoms with Crippen molar-refractivity contribution in [2.24, 2.45) is 0 Å². The summed E-state index contributed by atoms with van der Waals surface area (Å²) in [4.78, 5) is 16.9. The number of nitrogens with one attached hydrogen (secondary N) is 1. The van der Waals surface area contributed by atoms with Gasteiger partial charge < -0.3 is 10.1 Å². The highest BCUT2D eigenvalue weighted by molar-refractivity contribution is 5.65. The molecule has 3 aromatic rings. The molecular weight excluding hydrogens is 270 g/mol. The first-order chi connectivity index (χ1) is 10.3. The van der Waals surface area contributed by atoms with E-state index >= 15 is 0 Å². The van der Waals surface area contributed by atoms with Crippen LogP contribution in [-0.2, 0) is 0 Å². The van der Waals surface area contributed by atoms with Crippen LogP contribution >= 0.6 is 0 Å². The standard InChI is InChI=1S/C13H13N7O/c1-14-12-17-11(9-5-3-4-6-10(9)21-2)18-13(19-12)20-8-15-7-16-20/h3-8H,1-2H3,(H,14,17,18,19). The molecule has 2 aromatic heterocycles. The summed E-state index contributed by atoms with van der Waals surface area (Å²) in [6.45, 7) is 0. The summed E-state index contributed by atoms with van der Waals surface area (Å²) in [5.41, 5.74) is 0.778. The van der Waals surface area contributed by atoms with Crippen LogP contribution in [0.3, 0.4) is 0 Å². The van der Waals surface area contributed by atoms with Crippen LogP contribution in [-0.4, -0.2) is 43.9 Å². The Bertz CT molecular complexity index is 742. The minimum Gasteiger partial charge on any atom is -0.496 e. The van der Waals surface area contributed by atoms with Gasteiger partial charge in [-0.3, -0.25) is 0 Å². The maximum Gasteiger partial charge on any atom is 0.257 e. The fourth-order valence-corrected chi connectivity index (χ4v) is 1.84. The number of benzene rings is 1. The van der Waals surface area contributed by atoms with Gasteiger partial charge in [-0.05, 0) is 12.1 Å². The highest BCUT2D eigenvalue weighted by Gasteiger charge is 2.13. The zero-order chi connectivity index (χ0) is 14.7. The van der Waals surface area contributed by atoms with Gasteiger partial charge in [0.05, 0.1) is 12.7 Å². The molecule has 0 aliphatic heterocycles. The maximum absolute atomic E-state index is 5.35. The molecular formula is C13H13N7O. The molecule has 0 aliphatic carbocycles. The normalized spacial score (nSPS) is 10.4. The van der Waals surface area contributed by atoms with Crippen LogP contribution in [0.15, 0.2) is 36.9 Å². The molecule has 0 spiro atoms. The van der Waals surface area contributed by atoms with Crippen molar-refractivity contribution < 1.29 is 4.74 Å². The van der Waals surface area contributed by atoms with E-state index in [4.69, 9.17) is 4.74 Å². The average molecular weight is 283 g/mol. The van der Waals surface area contributed by atoms with Crippen LogP contribution in [0.25, 0.3) is 17.3 Å². The summed E-state index contributed by atoms with van der Waals surface area (Å²) in [6, 6.07) is 7.53. The topological polar surface area (TPSA) is 90.6 Å². The molecule has 0 amide bonds. The van der Waals surface area contributed by atoms with E-state index in [-0.39, 0.29) is 0 Å². The lowest BCUT2D eigenvalue weighted by molar-refractivity contribution is 0.416. The molecule has 0 unspecified atom stereocenters. The molecule has 8 heteroatoms. The third-order valence-electron chi connectivity index (χ3n) is 2.82. The highest BCUT2D eigenvalue weighted by atomic mass is 16.5. The van der Waals surface area contributed by atoms with Gasteiger partial charge in [0.25, 0.3) is 5.95 Å². The number of para-hydroxylation sites is 1. The Morgan fingerprint density at radius 3 is 2.71 bits per heavy atom. The van der Waals surface area contributed by atoms with Gasteiger partial charge >= 0.3 is 0 Å². The lowest BCUT2D eigenvalue weighted by atomic mass is 10.2. The number of ether oxygens (including phenoxy) is 1. The summed E-state index contributed by atoms with van der Waals surface area (Å²) in [5.74, 6) is 2.01. The zero-order valence-electron chi connectivity index (χ0n) is 11.6. The first kappa shape index (κ1) is 13.0. The molecule has 0 bridgehead atoms. The van der Waals surface area contributed by atoms with Crippen LogP contribution in [0.4, 0.5) is 5.95 Å². The Balaban J connectivity index is 2.16. The molecule has 106 valence electrons. The van der Waals surface area contributed by atoms with Gasteiger partial charge in [0.1, 0.15) is 18.4 Å². The van der Waals surface area contributed by atoms with Crippen LogP contribution in [0.2, 0.25) is 0 Å². The Morgan fingerprint density at radius 1 is 1.14 bits per heavy atom. The number of anilines is 1. The largest absolute Gasteiger partial charge is 0.496 e.